The molecule has 1 aliphatic rings. The third kappa shape index (κ3) is 4.04. The van der Waals surface area contributed by atoms with Crippen molar-refractivity contribution in [3.05, 3.63) is 34.3 Å². The lowest BCUT2D eigenvalue weighted by molar-refractivity contribution is -0.154. The Kier molecular flexibility index (Phi) is 5.57. The fraction of sp³-hybridized carbons (Fsp3) is 0.533. The molecule has 0 radical (unpaired) electrons. The van der Waals surface area contributed by atoms with Crippen LogP contribution in [0.1, 0.15) is 18.4 Å². The number of halogens is 1. The van der Waals surface area contributed by atoms with Gasteiger partial charge < -0.3 is 9.84 Å². The maximum atomic E-state index is 11.3. The van der Waals surface area contributed by atoms with E-state index < -0.39 is 12.1 Å². The van der Waals surface area contributed by atoms with Crippen molar-refractivity contribution in [2.75, 3.05) is 20.2 Å². The minimum Gasteiger partial charge on any atom is -0.467 e. The monoisotopic (exact) mass is 341 g/mol. The number of aliphatic hydroxyl groups is 1. The summed E-state index contributed by atoms with van der Waals surface area (Å²) in [6, 6.07) is 8.28. The van der Waals surface area contributed by atoms with Gasteiger partial charge in [-0.3, -0.25) is 4.90 Å². The van der Waals surface area contributed by atoms with Crippen LogP contribution < -0.4 is 0 Å². The summed E-state index contributed by atoms with van der Waals surface area (Å²) in [5, 5.41) is 9.86. The number of benzene rings is 1. The Morgan fingerprint density at radius 3 is 2.80 bits per heavy atom. The van der Waals surface area contributed by atoms with Crippen LogP contribution >= 0.6 is 15.9 Å². The molecule has 1 atom stereocenters. The average molecular weight is 342 g/mol. The number of hydrogen-bond acceptors (Lipinski definition) is 4. The Morgan fingerprint density at radius 2 is 2.20 bits per heavy atom. The van der Waals surface area contributed by atoms with Gasteiger partial charge >= 0.3 is 5.97 Å². The Hall–Kier alpha value is -0.910. The third-order valence-corrected chi connectivity index (χ3v) is 4.31. The Bertz CT molecular complexity index is 458. The normalized spacial score (nSPS) is 18.8. The van der Waals surface area contributed by atoms with Gasteiger partial charge in [0.05, 0.1) is 7.11 Å². The maximum Gasteiger partial charge on any atom is 0.334 e. The highest BCUT2D eigenvalue weighted by Crippen LogP contribution is 2.23. The smallest absolute Gasteiger partial charge is 0.334 e. The molecular formula is C15H20BrNO3. The van der Waals surface area contributed by atoms with Crippen LogP contribution in [-0.4, -0.2) is 42.3 Å². The van der Waals surface area contributed by atoms with E-state index in [1.54, 1.807) is 0 Å². The van der Waals surface area contributed by atoms with Gasteiger partial charge in [-0.05, 0) is 49.5 Å². The molecule has 4 nitrogen and oxygen atoms in total. The van der Waals surface area contributed by atoms with Crippen LogP contribution in [0, 0.1) is 5.92 Å². The number of ether oxygens (including phenoxy) is 1. The largest absolute Gasteiger partial charge is 0.467 e. The minimum atomic E-state index is -0.979. The van der Waals surface area contributed by atoms with Crippen LogP contribution in [0.5, 0.6) is 0 Å². The second-order valence-corrected chi connectivity index (χ2v) is 6.13. The van der Waals surface area contributed by atoms with Crippen molar-refractivity contribution in [1.29, 1.82) is 0 Å². The lowest BCUT2D eigenvalue weighted by Crippen LogP contribution is -2.40. The van der Waals surface area contributed by atoms with Crippen LogP contribution in [0.15, 0.2) is 28.7 Å². The molecule has 1 saturated heterocycles. The number of aliphatic hydroxyl groups excluding tert-OH is 1. The summed E-state index contributed by atoms with van der Waals surface area (Å²) >= 11 is 3.48. The van der Waals surface area contributed by atoms with Crippen LogP contribution in [0.3, 0.4) is 0 Å². The number of methoxy groups -OCH3 is 1. The van der Waals surface area contributed by atoms with Gasteiger partial charge in [0.1, 0.15) is 0 Å². The summed E-state index contributed by atoms with van der Waals surface area (Å²) in [7, 11) is 1.31. The van der Waals surface area contributed by atoms with E-state index in [2.05, 4.69) is 37.7 Å². The SMILES string of the molecule is COC(=O)C(O)C1CCN(Cc2cccc(Br)c2)CC1. The van der Waals surface area contributed by atoms with Gasteiger partial charge in [0.25, 0.3) is 0 Å². The van der Waals surface area contributed by atoms with E-state index >= 15 is 0 Å². The first-order chi connectivity index (χ1) is 9.60. The molecule has 1 fully saturated rings. The summed E-state index contributed by atoms with van der Waals surface area (Å²) in [6.07, 6.45) is 0.669. The highest BCUT2D eigenvalue weighted by Gasteiger charge is 2.30. The molecule has 0 bridgehead atoms. The second-order valence-electron chi connectivity index (χ2n) is 5.21. The maximum absolute atomic E-state index is 11.3. The summed E-state index contributed by atoms with van der Waals surface area (Å²) in [6.45, 7) is 2.69. The number of esters is 1. The number of piperidine rings is 1. The van der Waals surface area contributed by atoms with Crippen LogP contribution in [0.25, 0.3) is 0 Å². The molecule has 1 heterocycles. The standard InChI is InChI=1S/C15H20BrNO3/c1-20-15(19)14(18)12-5-7-17(8-6-12)10-11-3-2-4-13(16)9-11/h2-4,9,12,14,18H,5-8,10H2,1H3. The summed E-state index contributed by atoms with van der Waals surface area (Å²) in [5.41, 5.74) is 1.27. The predicted molar refractivity (Wildman–Crippen MR) is 80.2 cm³/mol. The Balaban J connectivity index is 1.84. The molecule has 1 N–H and O–H groups in total. The van der Waals surface area contributed by atoms with Crippen molar-refractivity contribution < 1.29 is 14.6 Å². The average Bonchev–Trinajstić information content (AvgIpc) is 2.46. The highest BCUT2D eigenvalue weighted by molar-refractivity contribution is 9.10. The van der Waals surface area contributed by atoms with Crippen LogP contribution in [0.4, 0.5) is 0 Å². The van der Waals surface area contributed by atoms with E-state index in [1.165, 1.54) is 12.7 Å². The lowest BCUT2D eigenvalue weighted by Gasteiger charge is -2.33. The molecule has 0 aromatic heterocycles. The third-order valence-electron chi connectivity index (χ3n) is 3.82. The molecule has 0 amide bonds. The van der Waals surface area contributed by atoms with Gasteiger partial charge in [-0.25, -0.2) is 4.79 Å². The quantitative estimate of drug-likeness (QED) is 0.853. The highest BCUT2D eigenvalue weighted by atomic mass is 79.9. The molecule has 5 heteroatoms. The van der Waals surface area contributed by atoms with Crippen LogP contribution in [0.2, 0.25) is 0 Å². The first-order valence-electron chi connectivity index (χ1n) is 6.83. The number of likely N-dealkylation sites (tertiary alicyclic amines) is 1. The number of carbonyl (C=O) groups is 1. The molecule has 0 aliphatic carbocycles. The fourth-order valence-electron chi connectivity index (χ4n) is 2.63. The number of carbonyl (C=O) groups excluding carboxylic acids is 1. The van der Waals surface area contributed by atoms with Crippen molar-refractivity contribution in [3.63, 3.8) is 0 Å². The summed E-state index contributed by atoms with van der Waals surface area (Å²) < 4.78 is 5.68. The molecule has 2 rings (SSSR count). The molecule has 1 aromatic rings. The summed E-state index contributed by atoms with van der Waals surface area (Å²) in [4.78, 5) is 13.7. The molecule has 110 valence electrons. The van der Waals surface area contributed by atoms with Crippen LogP contribution in [-0.2, 0) is 16.1 Å². The molecule has 1 unspecified atom stereocenters. The fourth-order valence-corrected chi connectivity index (χ4v) is 3.08. The van der Waals surface area contributed by atoms with E-state index in [0.717, 1.165) is 36.9 Å². The number of nitrogens with zero attached hydrogens (tertiary/aromatic N) is 1. The summed E-state index contributed by atoms with van der Waals surface area (Å²) in [5.74, 6) is -0.503. The molecule has 20 heavy (non-hydrogen) atoms. The van der Waals surface area contributed by atoms with E-state index in [-0.39, 0.29) is 5.92 Å². The molecule has 0 spiro atoms. The lowest BCUT2D eigenvalue weighted by atomic mass is 9.91. The number of rotatable bonds is 4. The van der Waals surface area contributed by atoms with E-state index in [1.807, 2.05) is 12.1 Å². The van der Waals surface area contributed by atoms with Gasteiger partial charge in [-0.15, -0.1) is 0 Å². The minimum absolute atomic E-state index is 0.0150. The first kappa shape index (κ1) is 15.5. The van der Waals surface area contributed by atoms with Gasteiger partial charge in [-0.2, -0.15) is 0 Å². The molecule has 0 saturated carbocycles. The Labute approximate surface area is 127 Å². The van der Waals surface area contributed by atoms with Crippen molar-refractivity contribution in [3.8, 4) is 0 Å². The topological polar surface area (TPSA) is 49.8 Å². The van der Waals surface area contributed by atoms with E-state index in [4.69, 9.17) is 0 Å². The van der Waals surface area contributed by atoms with Gasteiger partial charge in [0, 0.05) is 11.0 Å². The van der Waals surface area contributed by atoms with Crippen molar-refractivity contribution in [1.82, 2.24) is 4.90 Å². The zero-order valence-electron chi connectivity index (χ0n) is 11.6. The van der Waals surface area contributed by atoms with Crippen molar-refractivity contribution in [2.45, 2.75) is 25.5 Å². The molecular weight excluding hydrogens is 322 g/mol. The first-order valence-corrected chi connectivity index (χ1v) is 7.62. The van der Waals surface area contributed by atoms with Crippen molar-refractivity contribution in [2.24, 2.45) is 5.92 Å². The van der Waals surface area contributed by atoms with E-state index in [0.29, 0.717) is 0 Å². The van der Waals surface area contributed by atoms with Gasteiger partial charge in [0.15, 0.2) is 6.10 Å². The van der Waals surface area contributed by atoms with Gasteiger partial charge in [0.2, 0.25) is 0 Å². The second kappa shape index (κ2) is 7.20. The van der Waals surface area contributed by atoms with E-state index in [9.17, 15) is 9.90 Å². The van der Waals surface area contributed by atoms with Gasteiger partial charge in [-0.1, -0.05) is 28.1 Å². The number of hydrogen-bond donors (Lipinski definition) is 1. The Morgan fingerprint density at radius 1 is 1.50 bits per heavy atom. The molecule has 1 aliphatic heterocycles. The zero-order chi connectivity index (χ0) is 14.5. The van der Waals surface area contributed by atoms with Crippen molar-refractivity contribution >= 4 is 21.9 Å². The predicted octanol–water partition coefficient (Wildman–Crippen LogP) is 2.19. The molecule has 1 aromatic carbocycles. The zero-order valence-corrected chi connectivity index (χ0v) is 13.2.